The second kappa shape index (κ2) is 10.8. The number of hydrogen-bond acceptors (Lipinski definition) is 6. The highest BCUT2D eigenvalue weighted by atomic mass is 127. The number of carboxylic acid groups (broad SMARTS) is 1. The number of rotatable bonds is 8. The molecule has 2 bridgehead atoms. The van der Waals surface area contributed by atoms with Gasteiger partial charge in [0.25, 0.3) is 0 Å². The number of benzene rings is 2. The minimum absolute atomic E-state index is 0.0214. The summed E-state index contributed by atoms with van der Waals surface area (Å²) in [6, 6.07) is 14.2. The predicted octanol–water partition coefficient (Wildman–Crippen LogP) is 6.10. The van der Waals surface area contributed by atoms with Crippen molar-refractivity contribution in [2.45, 2.75) is 44.6 Å². The molecule has 37 heavy (non-hydrogen) atoms. The van der Waals surface area contributed by atoms with Crippen molar-refractivity contribution < 1.29 is 24.1 Å². The molecule has 2 aromatic carbocycles. The number of anilines is 1. The van der Waals surface area contributed by atoms with Crippen molar-refractivity contribution >= 4 is 61.2 Å². The molecular weight excluding hydrogens is 653 g/mol. The summed E-state index contributed by atoms with van der Waals surface area (Å²) < 4.78 is 19.8. The second-order valence-corrected chi connectivity index (χ2v) is 11.5. The Morgan fingerprint density at radius 1 is 1.22 bits per heavy atom. The molecule has 2 aliphatic heterocycles. The van der Waals surface area contributed by atoms with Gasteiger partial charge in [-0.2, -0.15) is 0 Å². The first kappa shape index (κ1) is 26.3. The van der Waals surface area contributed by atoms with Crippen molar-refractivity contribution in [3.8, 4) is 11.6 Å². The Balaban J connectivity index is 1.60. The number of ether oxygens (including phenoxy) is 3. The van der Waals surface area contributed by atoms with E-state index in [1.807, 2.05) is 50.2 Å². The molecule has 1 amide bonds. The van der Waals surface area contributed by atoms with Crippen molar-refractivity contribution in [2.24, 2.45) is 0 Å². The van der Waals surface area contributed by atoms with Crippen LogP contribution < -0.4 is 14.4 Å². The van der Waals surface area contributed by atoms with Gasteiger partial charge < -0.3 is 29.1 Å². The third-order valence-corrected chi connectivity index (χ3v) is 9.52. The van der Waals surface area contributed by atoms with Crippen LogP contribution in [0.1, 0.15) is 31.9 Å². The lowest BCUT2D eigenvalue weighted by Gasteiger charge is -2.35. The van der Waals surface area contributed by atoms with Gasteiger partial charge in [-0.25, -0.2) is 9.78 Å². The smallest absolute Gasteiger partial charge is 0.407 e. The van der Waals surface area contributed by atoms with Crippen molar-refractivity contribution in [2.75, 3.05) is 31.7 Å². The molecule has 5 rings (SSSR count). The van der Waals surface area contributed by atoms with Crippen LogP contribution in [0.4, 0.5) is 10.5 Å². The van der Waals surface area contributed by atoms with Crippen LogP contribution in [0.3, 0.4) is 0 Å². The molecule has 0 aliphatic carbocycles. The van der Waals surface area contributed by atoms with E-state index >= 15 is 0 Å². The fraction of sp³-hybridized carbons (Fsp3) is 0.407. The van der Waals surface area contributed by atoms with Gasteiger partial charge in [0.2, 0.25) is 5.88 Å². The van der Waals surface area contributed by atoms with Crippen LogP contribution in [-0.4, -0.2) is 66.1 Å². The topological polar surface area (TPSA) is 84.4 Å². The number of pyridine rings is 1. The van der Waals surface area contributed by atoms with Gasteiger partial charge in [-0.1, -0.05) is 30.3 Å². The molecule has 1 N–H and O–H groups in total. The highest BCUT2D eigenvalue weighted by Crippen LogP contribution is 2.45. The van der Waals surface area contributed by atoms with Gasteiger partial charge in [0, 0.05) is 41.3 Å². The number of amides is 1. The minimum Gasteiger partial charge on any atom is -0.483 e. The minimum atomic E-state index is -0.853. The third kappa shape index (κ3) is 5.20. The van der Waals surface area contributed by atoms with Crippen LogP contribution in [0.5, 0.6) is 11.6 Å². The molecule has 2 unspecified atom stereocenters. The van der Waals surface area contributed by atoms with E-state index < -0.39 is 6.09 Å². The monoisotopic (exact) mass is 681 g/mol. The summed E-state index contributed by atoms with van der Waals surface area (Å²) in [5.74, 6) is 1.14. The highest BCUT2D eigenvalue weighted by molar-refractivity contribution is 14.1. The Kier molecular flexibility index (Phi) is 7.69. The number of methoxy groups -OCH3 is 1. The highest BCUT2D eigenvalue weighted by Gasteiger charge is 2.46. The molecule has 0 spiro atoms. The summed E-state index contributed by atoms with van der Waals surface area (Å²) in [6.45, 7) is 5.44. The van der Waals surface area contributed by atoms with Crippen LogP contribution in [-0.2, 0) is 4.74 Å². The van der Waals surface area contributed by atoms with E-state index in [1.165, 1.54) is 0 Å². The van der Waals surface area contributed by atoms with Crippen LogP contribution in [0.2, 0.25) is 0 Å². The first-order valence-corrected chi connectivity index (χ1v) is 14.1. The van der Waals surface area contributed by atoms with Gasteiger partial charge in [-0.05, 0) is 70.4 Å². The Morgan fingerprint density at radius 2 is 1.97 bits per heavy atom. The number of halogens is 2. The van der Waals surface area contributed by atoms with Crippen molar-refractivity contribution in [3.63, 3.8) is 0 Å². The second-order valence-electron chi connectivity index (χ2n) is 9.54. The predicted molar refractivity (Wildman–Crippen MR) is 154 cm³/mol. The Morgan fingerprint density at radius 3 is 2.62 bits per heavy atom. The lowest BCUT2D eigenvalue weighted by atomic mass is 10.1. The lowest BCUT2D eigenvalue weighted by molar-refractivity contribution is 0.0700. The fourth-order valence-corrected chi connectivity index (χ4v) is 6.04. The molecule has 2 aliphatic rings. The lowest BCUT2D eigenvalue weighted by Crippen LogP contribution is -2.48. The normalized spacial score (nSPS) is 20.4. The van der Waals surface area contributed by atoms with E-state index in [9.17, 15) is 9.90 Å². The number of likely N-dealkylation sites (tertiary alicyclic amines) is 1. The molecule has 1 aromatic heterocycles. The van der Waals surface area contributed by atoms with E-state index in [4.69, 9.17) is 19.2 Å². The van der Waals surface area contributed by atoms with Crippen LogP contribution >= 0.6 is 38.5 Å². The van der Waals surface area contributed by atoms with E-state index in [0.29, 0.717) is 36.8 Å². The fourth-order valence-electron chi connectivity index (χ4n) is 5.09. The average molecular weight is 682 g/mol. The standard InChI is InChI=1S/C27H29BrIN3O5/c1-15(35-3)14-36-23-11-22(31-12-19-9-18(31)13-32(19)27(33)34)20-10-21(29)24(28)26(25(20)30-23)37-16(2)17-7-5-4-6-8-17/h4-8,10-11,15-16,18-19H,9,12-14H2,1-3H3,(H,33,34)/t15?,16?,18-,19-/m0/s1. The summed E-state index contributed by atoms with van der Waals surface area (Å²) in [5, 5.41) is 10.5. The Labute approximate surface area is 238 Å². The summed E-state index contributed by atoms with van der Waals surface area (Å²) in [7, 11) is 1.65. The first-order valence-electron chi connectivity index (χ1n) is 12.2. The number of nitrogens with zero attached hydrogens (tertiary/aromatic N) is 3. The number of aromatic nitrogens is 1. The van der Waals surface area contributed by atoms with E-state index in [-0.39, 0.29) is 24.3 Å². The molecule has 2 saturated heterocycles. The van der Waals surface area contributed by atoms with Crippen molar-refractivity contribution in [1.82, 2.24) is 9.88 Å². The molecule has 0 radical (unpaired) electrons. The molecule has 4 atom stereocenters. The molecule has 2 fully saturated rings. The molecule has 3 aromatic rings. The molecular formula is C27H29BrIN3O5. The van der Waals surface area contributed by atoms with E-state index in [1.54, 1.807) is 12.0 Å². The zero-order valence-electron chi connectivity index (χ0n) is 20.9. The van der Waals surface area contributed by atoms with Gasteiger partial charge in [-0.3, -0.25) is 0 Å². The molecule has 8 nitrogen and oxygen atoms in total. The Bertz CT molecular complexity index is 1310. The molecule has 0 saturated carbocycles. The van der Waals surface area contributed by atoms with E-state index in [2.05, 4.69) is 49.5 Å². The number of fused-ring (bicyclic) bond motifs is 3. The van der Waals surface area contributed by atoms with Gasteiger partial charge in [0.05, 0.1) is 22.3 Å². The number of hydrogen-bond donors (Lipinski definition) is 1. The molecule has 10 heteroatoms. The summed E-state index contributed by atoms with van der Waals surface area (Å²) in [5.41, 5.74) is 2.74. The molecule has 196 valence electrons. The zero-order valence-corrected chi connectivity index (χ0v) is 24.6. The van der Waals surface area contributed by atoms with E-state index in [0.717, 1.165) is 31.1 Å². The van der Waals surface area contributed by atoms with Gasteiger partial charge in [-0.15, -0.1) is 0 Å². The maximum absolute atomic E-state index is 11.7. The summed E-state index contributed by atoms with van der Waals surface area (Å²) in [6.07, 6.45) is -0.331. The maximum Gasteiger partial charge on any atom is 0.407 e. The number of carbonyl (C=O) groups is 1. The summed E-state index contributed by atoms with van der Waals surface area (Å²) >= 11 is 6.05. The largest absolute Gasteiger partial charge is 0.483 e. The summed E-state index contributed by atoms with van der Waals surface area (Å²) in [4.78, 5) is 20.4. The zero-order chi connectivity index (χ0) is 26.3. The quantitative estimate of drug-likeness (QED) is 0.288. The average Bonchev–Trinajstić information content (AvgIpc) is 3.51. The third-order valence-electron chi connectivity index (χ3n) is 7.14. The van der Waals surface area contributed by atoms with Gasteiger partial charge in [0.15, 0.2) is 5.75 Å². The molecule has 3 heterocycles. The van der Waals surface area contributed by atoms with Crippen LogP contribution in [0.15, 0.2) is 46.9 Å². The maximum atomic E-state index is 11.7. The first-order chi connectivity index (χ1) is 17.8. The van der Waals surface area contributed by atoms with Crippen LogP contribution in [0, 0.1) is 3.57 Å². The Hall–Kier alpha value is -2.31. The van der Waals surface area contributed by atoms with Gasteiger partial charge in [0.1, 0.15) is 18.2 Å². The SMILES string of the molecule is COC(C)COc1cc(N2C[C@@H]3C[C@H]2CN3C(=O)O)c2cc(I)c(Br)c(OC(C)c3ccccc3)c2n1. The van der Waals surface area contributed by atoms with Crippen molar-refractivity contribution in [1.29, 1.82) is 0 Å². The number of piperazine rings is 1. The van der Waals surface area contributed by atoms with Crippen LogP contribution in [0.25, 0.3) is 10.9 Å². The van der Waals surface area contributed by atoms with Crippen molar-refractivity contribution in [3.05, 3.63) is 56.1 Å². The van der Waals surface area contributed by atoms with Gasteiger partial charge >= 0.3 is 6.09 Å².